The Bertz CT molecular complexity index is 1110. The standard InChI is InChI=1S/C24H25Cl2FN2O3/c1-13(2)17-12-16(10-11-18(17)30)32-21-19(25)22(27)29-23(20(21)26)28-14(3)24(4,31)15-8-6-5-7-9-15/h5-14,30-31H,1-4H3,(H,28,29)/t14-,24+/m0/s1. The number of rotatable bonds is 7. The number of aromatic hydroxyl groups is 1. The number of pyridine rings is 1. The molecular formula is C24H25Cl2FN2O3. The molecule has 3 N–H and O–H groups in total. The molecule has 0 amide bonds. The van der Waals surface area contributed by atoms with E-state index in [9.17, 15) is 14.6 Å². The van der Waals surface area contributed by atoms with E-state index in [0.717, 1.165) is 0 Å². The van der Waals surface area contributed by atoms with Crippen molar-refractivity contribution in [3.8, 4) is 17.2 Å². The Morgan fingerprint density at radius 2 is 1.72 bits per heavy atom. The third-order valence-electron chi connectivity index (χ3n) is 5.39. The van der Waals surface area contributed by atoms with Crippen molar-refractivity contribution in [2.75, 3.05) is 5.32 Å². The van der Waals surface area contributed by atoms with Gasteiger partial charge in [-0.15, -0.1) is 0 Å². The summed E-state index contributed by atoms with van der Waals surface area (Å²) in [5.41, 5.74) is 0.0366. The highest BCUT2D eigenvalue weighted by atomic mass is 35.5. The van der Waals surface area contributed by atoms with Gasteiger partial charge in [0.2, 0.25) is 5.95 Å². The summed E-state index contributed by atoms with van der Waals surface area (Å²) in [5, 5.41) is 23.6. The van der Waals surface area contributed by atoms with Crippen LogP contribution in [-0.4, -0.2) is 21.2 Å². The first-order valence-electron chi connectivity index (χ1n) is 10.1. The third kappa shape index (κ3) is 4.93. The van der Waals surface area contributed by atoms with Crippen LogP contribution < -0.4 is 10.1 Å². The van der Waals surface area contributed by atoms with E-state index in [1.165, 1.54) is 12.1 Å². The van der Waals surface area contributed by atoms with Gasteiger partial charge in [-0.3, -0.25) is 0 Å². The highest BCUT2D eigenvalue weighted by Crippen LogP contribution is 2.43. The zero-order chi connectivity index (χ0) is 23.6. The van der Waals surface area contributed by atoms with Crippen molar-refractivity contribution in [3.63, 3.8) is 0 Å². The number of phenolic OH excluding ortho intramolecular Hbond substituents is 1. The predicted molar refractivity (Wildman–Crippen MR) is 126 cm³/mol. The molecule has 0 unspecified atom stereocenters. The number of phenols is 1. The van der Waals surface area contributed by atoms with Crippen LogP contribution >= 0.6 is 23.2 Å². The molecule has 0 radical (unpaired) electrons. The summed E-state index contributed by atoms with van der Waals surface area (Å²) in [6, 6.07) is 13.1. The fourth-order valence-corrected chi connectivity index (χ4v) is 3.68. The van der Waals surface area contributed by atoms with Crippen molar-refractivity contribution < 1.29 is 19.3 Å². The van der Waals surface area contributed by atoms with Crippen LogP contribution in [-0.2, 0) is 5.60 Å². The second-order valence-electron chi connectivity index (χ2n) is 8.07. The lowest BCUT2D eigenvalue weighted by molar-refractivity contribution is 0.0414. The van der Waals surface area contributed by atoms with Gasteiger partial charge in [-0.25, -0.2) is 0 Å². The molecular weight excluding hydrogens is 454 g/mol. The molecule has 2 aromatic carbocycles. The maximum atomic E-state index is 14.5. The van der Waals surface area contributed by atoms with Crippen molar-refractivity contribution >= 4 is 29.0 Å². The molecule has 0 saturated carbocycles. The summed E-state index contributed by atoms with van der Waals surface area (Å²) in [5.74, 6) is -0.605. The minimum Gasteiger partial charge on any atom is -0.508 e. The quantitative estimate of drug-likeness (QED) is 0.323. The van der Waals surface area contributed by atoms with Crippen LogP contribution in [0, 0.1) is 5.95 Å². The molecule has 32 heavy (non-hydrogen) atoms. The van der Waals surface area contributed by atoms with Gasteiger partial charge in [0.05, 0.1) is 6.04 Å². The summed E-state index contributed by atoms with van der Waals surface area (Å²) in [4.78, 5) is 3.81. The van der Waals surface area contributed by atoms with Gasteiger partial charge in [-0.05, 0) is 43.5 Å². The van der Waals surface area contributed by atoms with Crippen LogP contribution in [0.2, 0.25) is 10.0 Å². The van der Waals surface area contributed by atoms with E-state index < -0.39 is 17.6 Å². The smallest absolute Gasteiger partial charge is 0.237 e. The Balaban J connectivity index is 1.94. The largest absolute Gasteiger partial charge is 0.508 e. The zero-order valence-corrected chi connectivity index (χ0v) is 19.7. The van der Waals surface area contributed by atoms with E-state index in [-0.39, 0.29) is 33.3 Å². The van der Waals surface area contributed by atoms with Crippen LogP contribution in [0.25, 0.3) is 0 Å². The Kier molecular flexibility index (Phi) is 7.18. The molecule has 8 heteroatoms. The van der Waals surface area contributed by atoms with Crippen LogP contribution in [0.1, 0.15) is 44.7 Å². The number of nitrogens with zero attached hydrogens (tertiary/aromatic N) is 1. The van der Waals surface area contributed by atoms with Crippen molar-refractivity contribution in [1.29, 1.82) is 0 Å². The normalized spacial score (nSPS) is 14.2. The Labute approximate surface area is 196 Å². The topological polar surface area (TPSA) is 74.6 Å². The molecule has 0 aliphatic rings. The Hall–Kier alpha value is -2.54. The number of aromatic nitrogens is 1. The summed E-state index contributed by atoms with van der Waals surface area (Å²) < 4.78 is 20.3. The Morgan fingerprint density at radius 1 is 1.06 bits per heavy atom. The molecule has 0 fully saturated rings. The SMILES string of the molecule is CC(C)c1cc(Oc2c(Cl)c(F)nc(N[C@@H](C)[C@@](C)(O)c3ccccc3)c2Cl)ccc1O. The van der Waals surface area contributed by atoms with E-state index in [0.29, 0.717) is 16.9 Å². The zero-order valence-electron chi connectivity index (χ0n) is 18.2. The number of hydrogen-bond acceptors (Lipinski definition) is 5. The average molecular weight is 479 g/mol. The third-order valence-corrected chi connectivity index (χ3v) is 6.07. The summed E-state index contributed by atoms with van der Waals surface area (Å²) in [6.07, 6.45) is 0. The second-order valence-corrected chi connectivity index (χ2v) is 8.82. The predicted octanol–water partition coefficient (Wildman–Crippen LogP) is 6.86. The molecule has 0 spiro atoms. The van der Waals surface area contributed by atoms with E-state index in [1.807, 2.05) is 32.0 Å². The summed E-state index contributed by atoms with van der Waals surface area (Å²) in [7, 11) is 0. The van der Waals surface area contributed by atoms with E-state index >= 15 is 0 Å². The molecule has 1 heterocycles. The fourth-order valence-electron chi connectivity index (χ4n) is 3.23. The molecule has 5 nitrogen and oxygen atoms in total. The van der Waals surface area contributed by atoms with Gasteiger partial charge in [0.1, 0.15) is 27.1 Å². The van der Waals surface area contributed by atoms with Gasteiger partial charge in [-0.1, -0.05) is 67.4 Å². The van der Waals surface area contributed by atoms with Gasteiger partial charge in [0.15, 0.2) is 11.6 Å². The van der Waals surface area contributed by atoms with Gasteiger partial charge >= 0.3 is 0 Å². The molecule has 0 aliphatic heterocycles. The van der Waals surface area contributed by atoms with Crippen molar-refractivity contribution in [1.82, 2.24) is 4.98 Å². The first-order chi connectivity index (χ1) is 15.0. The number of aliphatic hydroxyl groups is 1. The number of benzene rings is 2. The maximum Gasteiger partial charge on any atom is 0.237 e. The number of anilines is 1. The lowest BCUT2D eigenvalue weighted by Crippen LogP contribution is -2.40. The number of ether oxygens (including phenoxy) is 1. The van der Waals surface area contributed by atoms with Crippen LogP contribution in [0.3, 0.4) is 0 Å². The monoisotopic (exact) mass is 478 g/mol. The van der Waals surface area contributed by atoms with Gasteiger partial charge in [-0.2, -0.15) is 9.37 Å². The highest BCUT2D eigenvalue weighted by Gasteiger charge is 2.32. The molecule has 0 saturated heterocycles. The van der Waals surface area contributed by atoms with E-state index in [1.54, 1.807) is 32.0 Å². The first-order valence-corrected chi connectivity index (χ1v) is 10.9. The second kappa shape index (κ2) is 9.53. The number of hydrogen-bond donors (Lipinski definition) is 3. The first kappa shape index (κ1) is 24.1. The minimum absolute atomic E-state index is 0.0184. The number of halogens is 3. The molecule has 0 aliphatic carbocycles. The maximum absolute atomic E-state index is 14.5. The van der Waals surface area contributed by atoms with Crippen molar-refractivity contribution in [2.45, 2.75) is 45.3 Å². The molecule has 0 bridgehead atoms. The van der Waals surface area contributed by atoms with Gasteiger partial charge in [0, 0.05) is 5.56 Å². The summed E-state index contributed by atoms with van der Waals surface area (Å²) >= 11 is 12.6. The van der Waals surface area contributed by atoms with E-state index in [4.69, 9.17) is 27.9 Å². The molecule has 170 valence electrons. The minimum atomic E-state index is -1.30. The summed E-state index contributed by atoms with van der Waals surface area (Å²) in [6.45, 7) is 7.22. The van der Waals surface area contributed by atoms with Gasteiger partial charge < -0.3 is 20.3 Å². The Morgan fingerprint density at radius 3 is 2.34 bits per heavy atom. The number of nitrogens with one attached hydrogen (secondary N) is 1. The highest BCUT2D eigenvalue weighted by molar-refractivity contribution is 6.38. The lowest BCUT2D eigenvalue weighted by Gasteiger charge is -2.32. The molecule has 3 rings (SSSR count). The molecule has 3 aromatic rings. The van der Waals surface area contributed by atoms with Crippen molar-refractivity contribution in [3.05, 3.63) is 75.7 Å². The molecule has 2 atom stereocenters. The van der Waals surface area contributed by atoms with Crippen LogP contribution in [0.4, 0.5) is 10.2 Å². The van der Waals surface area contributed by atoms with Crippen LogP contribution in [0.15, 0.2) is 48.5 Å². The average Bonchev–Trinajstić information content (AvgIpc) is 2.76. The van der Waals surface area contributed by atoms with E-state index in [2.05, 4.69) is 10.3 Å². The molecule has 1 aromatic heterocycles. The fraction of sp³-hybridized carbons (Fsp3) is 0.292. The lowest BCUT2D eigenvalue weighted by atomic mass is 9.89. The van der Waals surface area contributed by atoms with Gasteiger partial charge in [0.25, 0.3) is 0 Å². The van der Waals surface area contributed by atoms with Crippen molar-refractivity contribution in [2.24, 2.45) is 0 Å². The van der Waals surface area contributed by atoms with Crippen LogP contribution in [0.5, 0.6) is 17.2 Å².